The molecule has 3 aromatic rings. The van der Waals surface area contributed by atoms with E-state index >= 15 is 0 Å². The highest BCUT2D eigenvalue weighted by atomic mass is 14.9. The van der Waals surface area contributed by atoms with Crippen molar-refractivity contribution in [1.29, 1.82) is 0 Å². The molecule has 1 heterocycles. The largest absolute Gasteiger partial charge is 0.213 e. The third kappa shape index (κ3) is 2.00. The first kappa shape index (κ1) is 12.9. The van der Waals surface area contributed by atoms with Crippen LogP contribution < -0.4 is 4.57 Å². The van der Waals surface area contributed by atoms with Gasteiger partial charge >= 0.3 is 0 Å². The minimum absolute atomic E-state index is 1.27. The summed E-state index contributed by atoms with van der Waals surface area (Å²) >= 11 is 0. The third-order valence-electron chi connectivity index (χ3n) is 4.10. The van der Waals surface area contributed by atoms with Gasteiger partial charge in [0.1, 0.15) is 7.05 Å². The van der Waals surface area contributed by atoms with Crippen LogP contribution in [-0.2, 0) is 7.05 Å². The number of nitrogens with zero attached hydrogens (tertiary/aromatic N) is 1. The Balaban J connectivity index is 2.33. The normalized spacial score (nSPS) is 11.0. The molecule has 1 aromatic heterocycles. The van der Waals surface area contributed by atoms with Gasteiger partial charge in [0.15, 0.2) is 0 Å². The molecular formula is C19H20N+. The van der Waals surface area contributed by atoms with E-state index in [1.807, 2.05) is 0 Å². The van der Waals surface area contributed by atoms with E-state index in [9.17, 15) is 0 Å². The summed E-state index contributed by atoms with van der Waals surface area (Å²) in [5.74, 6) is 0. The van der Waals surface area contributed by atoms with Gasteiger partial charge in [-0.2, -0.15) is 4.57 Å². The van der Waals surface area contributed by atoms with Crippen molar-refractivity contribution in [1.82, 2.24) is 0 Å². The molecule has 1 nitrogen and oxygen atoms in total. The Labute approximate surface area is 120 Å². The molecule has 100 valence electrons. The number of hydrogen-bond donors (Lipinski definition) is 0. The Kier molecular flexibility index (Phi) is 3.06. The van der Waals surface area contributed by atoms with Crippen LogP contribution in [0.15, 0.2) is 48.5 Å². The zero-order valence-electron chi connectivity index (χ0n) is 12.6. The number of hydrogen-bond acceptors (Lipinski definition) is 0. The Morgan fingerprint density at radius 2 is 1.60 bits per heavy atom. The number of aryl methyl sites for hydroxylation is 4. The molecule has 0 aliphatic heterocycles. The van der Waals surface area contributed by atoms with Gasteiger partial charge in [-0.15, -0.1) is 0 Å². The molecule has 0 aliphatic rings. The SMILES string of the molecule is Cc1ccc(C)c(-c2ccc3c(C)cccc3[n+]2C)c1. The summed E-state index contributed by atoms with van der Waals surface area (Å²) in [5.41, 5.74) is 7.81. The third-order valence-corrected chi connectivity index (χ3v) is 4.10. The van der Waals surface area contributed by atoms with E-state index in [0.29, 0.717) is 0 Å². The van der Waals surface area contributed by atoms with Crippen LogP contribution >= 0.6 is 0 Å². The first-order valence-electron chi connectivity index (χ1n) is 7.04. The number of pyridine rings is 1. The lowest BCUT2D eigenvalue weighted by molar-refractivity contribution is -0.633. The van der Waals surface area contributed by atoms with Crippen LogP contribution in [0.25, 0.3) is 22.2 Å². The van der Waals surface area contributed by atoms with Gasteiger partial charge in [-0.1, -0.05) is 29.8 Å². The van der Waals surface area contributed by atoms with Crippen LogP contribution in [0.1, 0.15) is 16.7 Å². The fourth-order valence-electron chi connectivity index (χ4n) is 2.86. The maximum Gasteiger partial charge on any atom is 0.213 e. The van der Waals surface area contributed by atoms with E-state index in [0.717, 1.165) is 0 Å². The molecule has 2 aromatic carbocycles. The molecule has 0 spiro atoms. The topological polar surface area (TPSA) is 3.88 Å². The second kappa shape index (κ2) is 4.75. The first-order chi connectivity index (χ1) is 9.58. The Morgan fingerprint density at radius 1 is 0.800 bits per heavy atom. The standard InChI is InChI=1S/C19H20N/c1-13-8-9-15(3)17(12-13)19-11-10-16-14(2)6-5-7-18(16)20(19)4/h5-12H,1-4H3/q+1. The smallest absolute Gasteiger partial charge is 0.194 e. The molecule has 0 fully saturated rings. The summed E-state index contributed by atoms with van der Waals surface area (Å²) in [5, 5.41) is 1.32. The Hall–Kier alpha value is -2.15. The summed E-state index contributed by atoms with van der Waals surface area (Å²) in [6.45, 7) is 6.49. The molecule has 1 heteroatoms. The summed E-state index contributed by atoms with van der Waals surface area (Å²) in [4.78, 5) is 0. The minimum Gasteiger partial charge on any atom is -0.194 e. The highest BCUT2D eigenvalue weighted by Gasteiger charge is 2.16. The Morgan fingerprint density at radius 3 is 2.40 bits per heavy atom. The van der Waals surface area contributed by atoms with E-state index in [1.54, 1.807) is 0 Å². The highest BCUT2D eigenvalue weighted by molar-refractivity contribution is 5.81. The predicted octanol–water partition coefficient (Wildman–Crippen LogP) is 4.26. The second-order valence-electron chi connectivity index (χ2n) is 5.60. The first-order valence-corrected chi connectivity index (χ1v) is 7.04. The van der Waals surface area contributed by atoms with Crippen molar-refractivity contribution in [3.63, 3.8) is 0 Å². The zero-order valence-corrected chi connectivity index (χ0v) is 12.6. The number of aromatic nitrogens is 1. The molecule has 0 N–H and O–H groups in total. The average molecular weight is 262 g/mol. The summed E-state index contributed by atoms with van der Waals surface area (Å²) in [6, 6.07) is 17.6. The molecule has 0 saturated carbocycles. The van der Waals surface area contributed by atoms with Crippen molar-refractivity contribution in [2.45, 2.75) is 20.8 Å². The fraction of sp³-hybridized carbons (Fsp3) is 0.211. The lowest BCUT2D eigenvalue weighted by Crippen LogP contribution is -2.32. The van der Waals surface area contributed by atoms with Gasteiger partial charge in [-0.05, 0) is 44.0 Å². The van der Waals surface area contributed by atoms with E-state index in [-0.39, 0.29) is 0 Å². The molecule has 0 saturated heterocycles. The molecule has 0 amide bonds. The summed E-state index contributed by atoms with van der Waals surface area (Å²) in [7, 11) is 2.15. The van der Waals surface area contributed by atoms with Gasteiger partial charge in [-0.3, -0.25) is 0 Å². The van der Waals surface area contributed by atoms with E-state index < -0.39 is 0 Å². The van der Waals surface area contributed by atoms with Gasteiger partial charge in [0.2, 0.25) is 11.2 Å². The van der Waals surface area contributed by atoms with Crippen LogP contribution in [0.5, 0.6) is 0 Å². The molecule has 0 bridgehead atoms. The molecular weight excluding hydrogens is 242 g/mol. The number of rotatable bonds is 1. The van der Waals surface area contributed by atoms with E-state index in [4.69, 9.17) is 0 Å². The fourth-order valence-corrected chi connectivity index (χ4v) is 2.86. The maximum atomic E-state index is 2.30. The second-order valence-corrected chi connectivity index (χ2v) is 5.60. The van der Waals surface area contributed by atoms with Crippen molar-refractivity contribution < 1.29 is 4.57 Å². The highest BCUT2D eigenvalue weighted by Crippen LogP contribution is 2.24. The monoisotopic (exact) mass is 262 g/mol. The van der Waals surface area contributed by atoms with Crippen LogP contribution in [0, 0.1) is 20.8 Å². The van der Waals surface area contributed by atoms with Crippen molar-refractivity contribution in [3.8, 4) is 11.3 Å². The Bertz CT molecular complexity index is 800. The molecule has 3 rings (SSSR count). The summed E-state index contributed by atoms with van der Waals surface area (Å²) in [6.07, 6.45) is 0. The van der Waals surface area contributed by atoms with Crippen molar-refractivity contribution >= 4 is 10.9 Å². The van der Waals surface area contributed by atoms with Gasteiger partial charge < -0.3 is 0 Å². The van der Waals surface area contributed by atoms with Gasteiger partial charge in [-0.25, -0.2) is 0 Å². The molecule has 0 radical (unpaired) electrons. The van der Waals surface area contributed by atoms with Crippen molar-refractivity contribution in [2.24, 2.45) is 7.05 Å². The lowest BCUT2D eigenvalue weighted by atomic mass is 10.0. The molecule has 0 aliphatic carbocycles. The van der Waals surface area contributed by atoms with Crippen LogP contribution in [0.3, 0.4) is 0 Å². The minimum atomic E-state index is 1.27. The maximum absolute atomic E-state index is 2.30. The van der Waals surface area contributed by atoms with Gasteiger partial charge in [0, 0.05) is 23.1 Å². The van der Waals surface area contributed by atoms with Crippen LogP contribution in [-0.4, -0.2) is 0 Å². The quantitative estimate of drug-likeness (QED) is 0.577. The lowest BCUT2D eigenvalue weighted by Gasteiger charge is -2.08. The number of fused-ring (bicyclic) bond motifs is 1. The van der Waals surface area contributed by atoms with E-state index in [1.165, 1.54) is 38.9 Å². The summed E-state index contributed by atoms with van der Waals surface area (Å²) < 4.78 is 2.30. The number of benzene rings is 2. The van der Waals surface area contributed by atoms with Gasteiger partial charge in [0.25, 0.3) is 0 Å². The van der Waals surface area contributed by atoms with Crippen LogP contribution in [0.4, 0.5) is 0 Å². The van der Waals surface area contributed by atoms with Crippen LogP contribution in [0.2, 0.25) is 0 Å². The van der Waals surface area contributed by atoms with Gasteiger partial charge in [0.05, 0.1) is 0 Å². The van der Waals surface area contributed by atoms with Crippen molar-refractivity contribution in [3.05, 3.63) is 65.2 Å². The van der Waals surface area contributed by atoms with E-state index in [2.05, 4.69) is 80.9 Å². The average Bonchev–Trinajstić information content (AvgIpc) is 2.43. The molecule has 0 atom stereocenters. The molecule has 20 heavy (non-hydrogen) atoms. The molecule has 0 unspecified atom stereocenters. The predicted molar refractivity (Wildman–Crippen MR) is 84.8 cm³/mol. The van der Waals surface area contributed by atoms with Crippen molar-refractivity contribution in [2.75, 3.05) is 0 Å². The zero-order chi connectivity index (χ0) is 14.3.